The van der Waals surface area contributed by atoms with Gasteiger partial charge in [0.25, 0.3) is 0 Å². The molecule has 2 amide bonds. The lowest BCUT2D eigenvalue weighted by Crippen LogP contribution is -2.65. The molecule has 4 aliphatic carbocycles. The lowest BCUT2D eigenvalue weighted by Gasteiger charge is -2.59. The van der Waals surface area contributed by atoms with Crippen molar-refractivity contribution in [1.29, 1.82) is 0 Å². The van der Waals surface area contributed by atoms with Crippen LogP contribution in [0.25, 0.3) is 0 Å². The lowest BCUT2D eigenvalue weighted by atomic mass is 9.44. The van der Waals surface area contributed by atoms with Crippen molar-refractivity contribution in [3.63, 3.8) is 0 Å². The summed E-state index contributed by atoms with van der Waals surface area (Å²) < 4.78 is 11.5. The number of hydrogen-bond acceptors (Lipinski definition) is 7. The van der Waals surface area contributed by atoms with Crippen molar-refractivity contribution in [2.45, 2.75) is 121 Å². The van der Waals surface area contributed by atoms with Gasteiger partial charge in [-0.25, -0.2) is 4.79 Å². The second kappa shape index (κ2) is 8.67. The van der Waals surface area contributed by atoms with Gasteiger partial charge in [-0.15, -0.1) is 0 Å². The zero-order valence-corrected chi connectivity index (χ0v) is 23.7. The van der Waals surface area contributed by atoms with Crippen molar-refractivity contribution in [3.05, 3.63) is 11.7 Å². The van der Waals surface area contributed by atoms with Gasteiger partial charge in [0.05, 0.1) is 11.5 Å². The second-order valence-corrected chi connectivity index (χ2v) is 14.4. The third kappa shape index (κ3) is 3.97. The summed E-state index contributed by atoms with van der Waals surface area (Å²) >= 11 is 0. The first-order valence-corrected chi connectivity index (χ1v) is 14.7. The zero-order valence-electron chi connectivity index (χ0n) is 23.7. The fourth-order valence-corrected chi connectivity index (χ4v) is 7.79. The minimum atomic E-state index is -0.710. The average Bonchev–Trinajstić information content (AvgIpc) is 3.24. The molecule has 0 radical (unpaired) electrons. The highest BCUT2D eigenvalue weighted by Crippen LogP contribution is 2.64. The first kappa shape index (κ1) is 26.1. The number of carbonyl (C=O) groups excluding carboxylic acids is 2. The molecule has 1 spiro atoms. The number of aromatic nitrogens is 2. The Hall–Kier alpha value is -2.16. The molecule has 4 saturated carbocycles. The Labute approximate surface area is 225 Å². The molecular formula is C29H44N4O5. The highest BCUT2D eigenvalue weighted by molar-refractivity contribution is 5.86. The van der Waals surface area contributed by atoms with E-state index in [2.05, 4.69) is 19.0 Å². The van der Waals surface area contributed by atoms with Gasteiger partial charge in [-0.3, -0.25) is 9.69 Å². The quantitative estimate of drug-likeness (QED) is 0.624. The molecule has 2 aliphatic heterocycles. The number of aliphatic hydroxyl groups is 1. The van der Waals surface area contributed by atoms with Gasteiger partial charge < -0.3 is 19.3 Å². The van der Waals surface area contributed by atoms with Crippen molar-refractivity contribution < 1.29 is 24.0 Å². The molecule has 0 aromatic carbocycles. The van der Waals surface area contributed by atoms with Crippen LogP contribution in [0.15, 0.2) is 4.52 Å². The first-order valence-electron chi connectivity index (χ1n) is 14.7. The van der Waals surface area contributed by atoms with E-state index in [4.69, 9.17) is 14.2 Å². The van der Waals surface area contributed by atoms with Gasteiger partial charge in [0.2, 0.25) is 11.8 Å². The summed E-state index contributed by atoms with van der Waals surface area (Å²) in [6.07, 6.45) is 7.04. The predicted octanol–water partition coefficient (Wildman–Crippen LogP) is 4.18. The Morgan fingerprint density at radius 1 is 1.11 bits per heavy atom. The van der Waals surface area contributed by atoms with Gasteiger partial charge in [0.15, 0.2) is 5.82 Å². The van der Waals surface area contributed by atoms with E-state index in [1.165, 1.54) is 19.3 Å². The largest absolute Gasteiger partial charge is 0.444 e. The summed E-state index contributed by atoms with van der Waals surface area (Å²) in [4.78, 5) is 35.6. The summed E-state index contributed by atoms with van der Waals surface area (Å²) in [5.41, 5.74) is -1.07. The Balaban J connectivity index is 1.18. The standard InChI is InChI=1S/C29H44N4O5/c1-18(2)29(23-30-24(38-31-23)28-14-19(15-28)16-28)9-11-32(12-10-29)22(35)20-13-21(34)27(7-6-8-27)17-33(20)25(36)37-26(3,4)5/h18-21,34H,6-17H2,1-5H3/t19?,20-,21+,28?/m0/s1. The molecule has 7 rings (SSSR count). The van der Waals surface area contributed by atoms with E-state index in [1.807, 2.05) is 25.7 Å². The fourth-order valence-electron chi connectivity index (χ4n) is 7.79. The molecule has 1 N–H and O–H groups in total. The molecule has 3 heterocycles. The number of aliphatic hydroxyl groups excluding tert-OH is 1. The number of likely N-dealkylation sites (tertiary alicyclic amines) is 2. The van der Waals surface area contributed by atoms with Crippen molar-refractivity contribution >= 4 is 12.0 Å². The van der Waals surface area contributed by atoms with Crippen LogP contribution < -0.4 is 0 Å². The molecule has 2 bridgehead atoms. The molecule has 210 valence electrons. The van der Waals surface area contributed by atoms with Crippen LogP contribution in [0.5, 0.6) is 0 Å². The average molecular weight is 529 g/mol. The summed E-state index contributed by atoms with van der Waals surface area (Å²) in [7, 11) is 0. The number of piperidine rings is 2. The van der Waals surface area contributed by atoms with E-state index in [9.17, 15) is 14.7 Å². The van der Waals surface area contributed by atoms with Crippen molar-refractivity contribution in [2.24, 2.45) is 17.3 Å². The maximum atomic E-state index is 13.9. The molecule has 9 nitrogen and oxygen atoms in total. The van der Waals surface area contributed by atoms with Crippen molar-refractivity contribution in [2.75, 3.05) is 19.6 Å². The summed E-state index contributed by atoms with van der Waals surface area (Å²) in [6.45, 7) is 11.4. The monoisotopic (exact) mass is 528 g/mol. The van der Waals surface area contributed by atoms with Crippen LogP contribution in [-0.2, 0) is 20.4 Å². The maximum Gasteiger partial charge on any atom is 0.410 e. The zero-order chi connectivity index (χ0) is 27.1. The number of ether oxygens (including phenoxy) is 1. The van der Waals surface area contributed by atoms with Crippen LogP contribution in [0, 0.1) is 17.3 Å². The Bertz CT molecular complexity index is 1080. The Kier molecular flexibility index (Phi) is 5.95. The van der Waals surface area contributed by atoms with Crippen LogP contribution in [0.2, 0.25) is 0 Å². The first-order chi connectivity index (χ1) is 17.9. The number of rotatable bonds is 4. The smallest absolute Gasteiger partial charge is 0.410 e. The normalized spacial score (nSPS) is 33.4. The van der Waals surface area contributed by atoms with E-state index < -0.39 is 23.8 Å². The molecule has 38 heavy (non-hydrogen) atoms. The predicted molar refractivity (Wildman–Crippen MR) is 139 cm³/mol. The fraction of sp³-hybridized carbons (Fsp3) is 0.862. The summed E-state index contributed by atoms with van der Waals surface area (Å²) in [5.74, 6) is 2.64. The van der Waals surface area contributed by atoms with E-state index in [1.54, 1.807) is 4.90 Å². The molecule has 9 heteroatoms. The second-order valence-electron chi connectivity index (χ2n) is 14.4. The number of carbonyl (C=O) groups is 2. The van der Waals surface area contributed by atoms with E-state index in [0.29, 0.717) is 25.6 Å². The minimum Gasteiger partial charge on any atom is -0.444 e. The molecule has 6 fully saturated rings. The number of hydrogen-bond donors (Lipinski definition) is 1. The highest BCUT2D eigenvalue weighted by atomic mass is 16.6. The topological polar surface area (TPSA) is 109 Å². The van der Waals surface area contributed by atoms with Gasteiger partial charge in [-0.1, -0.05) is 25.4 Å². The highest BCUT2D eigenvalue weighted by Gasteiger charge is 2.61. The maximum absolute atomic E-state index is 13.9. The molecule has 2 saturated heterocycles. The Morgan fingerprint density at radius 3 is 2.26 bits per heavy atom. The SMILES string of the molecule is CC(C)C1(c2noc(C34CC(C3)C4)n2)CCN(C(=O)[C@@H]2C[C@@H](O)C3(CCC3)CN2C(=O)OC(C)(C)C)CC1. The van der Waals surface area contributed by atoms with Gasteiger partial charge in [0, 0.05) is 36.9 Å². The van der Waals surface area contributed by atoms with Crippen LogP contribution in [0.4, 0.5) is 4.79 Å². The third-order valence-corrected chi connectivity index (χ3v) is 10.7. The molecule has 1 aromatic heterocycles. The third-order valence-electron chi connectivity index (χ3n) is 10.7. The van der Waals surface area contributed by atoms with Crippen LogP contribution in [0.1, 0.15) is 104 Å². The lowest BCUT2D eigenvalue weighted by molar-refractivity contribution is -0.153. The summed E-state index contributed by atoms with van der Waals surface area (Å²) in [5, 5.41) is 15.5. The van der Waals surface area contributed by atoms with Crippen molar-refractivity contribution in [3.8, 4) is 0 Å². The van der Waals surface area contributed by atoms with Crippen molar-refractivity contribution in [1.82, 2.24) is 19.9 Å². The van der Waals surface area contributed by atoms with E-state index in [0.717, 1.165) is 49.7 Å². The van der Waals surface area contributed by atoms with Gasteiger partial charge >= 0.3 is 6.09 Å². The molecule has 1 aromatic rings. The molecular weight excluding hydrogens is 484 g/mol. The molecule has 2 atom stereocenters. The van der Waals surface area contributed by atoms with Crippen LogP contribution in [0.3, 0.4) is 0 Å². The summed E-state index contributed by atoms with van der Waals surface area (Å²) in [6, 6.07) is -0.710. The minimum absolute atomic E-state index is 0.0934. The Morgan fingerprint density at radius 2 is 1.76 bits per heavy atom. The number of nitrogens with zero attached hydrogens (tertiary/aromatic N) is 4. The van der Waals surface area contributed by atoms with Crippen LogP contribution in [-0.4, -0.2) is 74.4 Å². The van der Waals surface area contributed by atoms with Gasteiger partial charge in [-0.05, 0) is 77.6 Å². The molecule has 6 aliphatic rings. The van der Waals surface area contributed by atoms with Gasteiger partial charge in [0.1, 0.15) is 11.6 Å². The van der Waals surface area contributed by atoms with Gasteiger partial charge in [-0.2, -0.15) is 4.98 Å². The number of amides is 2. The van der Waals surface area contributed by atoms with E-state index in [-0.39, 0.29) is 28.6 Å². The van der Waals surface area contributed by atoms with E-state index >= 15 is 0 Å². The van der Waals surface area contributed by atoms with Crippen LogP contribution >= 0.6 is 0 Å². The molecule has 0 unspecified atom stereocenters.